The van der Waals surface area contributed by atoms with Crippen molar-refractivity contribution < 1.29 is 9.53 Å². The lowest BCUT2D eigenvalue weighted by molar-refractivity contribution is 0.0925. The molecule has 1 aliphatic heterocycles. The molecule has 2 saturated carbocycles. The van der Waals surface area contributed by atoms with Crippen LogP contribution in [0.2, 0.25) is 0 Å². The van der Waals surface area contributed by atoms with Gasteiger partial charge in [-0.15, -0.1) is 0 Å². The van der Waals surface area contributed by atoms with Crippen LogP contribution in [0.25, 0.3) is 0 Å². The number of carbonyl (C=O) groups excluding carboxylic acids is 1. The molecule has 1 saturated heterocycles. The van der Waals surface area contributed by atoms with Crippen molar-refractivity contribution in [3.63, 3.8) is 0 Å². The Morgan fingerprint density at radius 3 is 2.70 bits per heavy atom. The zero-order chi connectivity index (χ0) is 15.6. The van der Waals surface area contributed by atoms with E-state index in [1.54, 1.807) is 12.4 Å². The number of ether oxygens (including phenoxy) is 1. The van der Waals surface area contributed by atoms with Gasteiger partial charge in [0.15, 0.2) is 0 Å². The van der Waals surface area contributed by atoms with E-state index in [0.29, 0.717) is 36.7 Å². The molecule has 6 heteroatoms. The van der Waals surface area contributed by atoms with Crippen LogP contribution >= 0.6 is 0 Å². The summed E-state index contributed by atoms with van der Waals surface area (Å²) < 4.78 is 5.33. The Morgan fingerprint density at radius 2 is 1.91 bits per heavy atom. The summed E-state index contributed by atoms with van der Waals surface area (Å²) in [5.41, 5.74) is 0.559. The molecule has 0 radical (unpaired) electrons. The zero-order valence-corrected chi connectivity index (χ0v) is 13.4. The molecule has 3 fully saturated rings. The van der Waals surface area contributed by atoms with Gasteiger partial charge in [0.2, 0.25) is 5.95 Å². The van der Waals surface area contributed by atoms with Crippen molar-refractivity contribution in [2.75, 3.05) is 31.2 Å². The standard InChI is InChI=1S/C17H24N4O2/c22-16(20-15-5-4-12-2-1-3-14(12)15)13-10-18-17(19-11-13)21-6-8-23-9-7-21/h10-12,14-15H,1-9H2,(H,20,22)/t12-,14-,15-/m1/s1. The van der Waals surface area contributed by atoms with Gasteiger partial charge in [0, 0.05) is 31.5 Å². The van der Waals surface area contributed by atoms with Crippen LogP contribution in [0.15, 0.2) is 12.4 Å². The van der Waals surface area contributed by atoms with Crippen molar-refractivity contribution in [2.45, 2.75) is 38.1 Å². The average molecular weight is 316 g/mol. The summed E-state index contributed by atoms with van der Waals surface area (Å²) in [5.74, 6) is 2.17. The van der Waals surface area contributed by atoms with Gasteiger partial charge in [-0.05, 0) is 31.1 Å². The Hall–Kier alpha value is -1.69. The summed E-state index contributed by atoms with van der Waals surface area (Å²) >= 11 is 0. The van der Waals surface area contributed by atoms with Gasteiger partial charge >= 0.3 is 0 Å². The number of nitrogens with zero attached hydrogens (tertiary/aromatic N) is 3. The Morgan fingerprint density at radius 1 is 1.13 bits per heavy atom. The van der Waals surface area contributed by atoms with Crippen LogP contribution in [0.1, 0.15) is 42.5 Å². The normalized spacial score (nSPS) is 30.3. The SMILES string of the molecule is O=C(N[C@@H]1CC[C@H]2CCC[C@H]21)c1cnc(N2CCOCC2)nc1. The quantitative estimate of drug-likeness (QED) is 0.918. The number of aromatic nitrogens is 2. The van der Waals surface area contributed by atoms with E-state index in [0.717, 1.165) is 25.4 Å². The molecule has 0 unspecified atom stereocenters. The smallest absolute Gasteiger partial charge is 0.254 e. The van der Waals surface area contributed by atoms with E-state index < -0.39 is 0 Å². The van der Waals surface area contributed by atoms with E-state index in [1.165, 1.54) is 25.7 Å². The third-order valence-corrected chi connectivity index (χ3v) is 5.59. The number of amides is 1. The molecule has 3 aliphatic rings. The number of hydrogen-bond acceptors (Lipinski definition) is 5. The fourth-order valence-corrected chi connectivity index (χ4v) is 4.36. The van der Waals surface area contributed by atoms with E-state index in [2.05, 4.69) is 20.2 Å². The van der Waals surface area contributed by atoms with Crippen LogP contribution in [0.3, 0.4) is 0 Å². The maximum atomic E-state index is 12.5. The first-order valence-corrected chi connectivity index (χ1v) is 8.77. The minimum absolute atomic E-state index is 0.0314. The number of anilines is 1. The maximum absolute atomic E-state index is 12.5. The third kappa shape index (κ3) is 3.04. The number of rotatable bonds is 3. The Bertz CT molecular complexity index is 556. The molecule has 124 valence electrons. The highest BCUT2D eigenvalue weighted by molar-refractivity contribution is 5.93. The van der Waals surface area contributed by atoms with Crippen molar-refractivity contribution in [2.24, 2.45) is 11.8 Å². The van der Waals surface area contributed by atoms with Gasteiger partial charge in [-0.25, -0.2) is 9.97 Å². The lowest BCUT2D eigenvalue weighted by Gasteiger charge is -2.26. The van der Waals surface area contributed by atoms with Gasteiger partial charge in [0.1, 0.15) is 0 Å². The largest absolute Gasteiger partial charge is 0.378 e. The first kappa shape index (κ1) is 14.9. The molecule has 23 heavy (non-hydrogen) atoms. The van der Waals surface area contributed by atoms with Crippen LogP contribution in [0.5, 0.6) is 0 Å². The van der Waals surface area contributed by atoms with Crippen molar-refractivity contribution in [1.29, 1.82) is 0 Å². The van der Waals surface area contributed by atoms with E-state index in [-0.39, 0.29) is 5.91 Å². The van der Waals surface area contributed by atoms with Gasteiger partial charge in [0.05, 0.1) is 18.8 Å². The molecule has 2 heterocycles. The fraction of sp³-hybridized carbons (Fsp3) is 0.706. The van der Waals surface area contributed by atoms with Crippen LogP contribution in [0.4, 0.5) is 5.95 Å². The van der Waals surface area contributed by atoms with E-state index in [4.69, 9.17) is 4.74 Å². The summed E-state index contributed by atoms with van der Waals surface area (Å²) in [6, 6.07) is 0.342. The van der Waals surface area contributed by atoms with E-state index >= 15 is 0 Å². The highest BCUT2D eigenvalue weighted by Crippen LogP contribution is 2.43. The summed E-state index contributed by atoms with van der Waals surface area (Å²) in [7, 11) is 0. The highest BCUT2D eigenvalue weighted by Gasteiger charge is 2.39. The molecule has 1 aromatic heterocycles. The molecule has 2 aliphatic carbocycles. The Balaban J connectivity index is 1.38. The summed E-state index contributed by atoms with van der Waals surface area (Å²) in [6.45, 7) is 3.01. The van der Waals surface area contributed by atoms with Crippen LogP contribution < -0.4 is 10.2 Å². The molecule has 1 aromatic rings. The summed E-state index contributed by atoms with van der Waals surface area (Å²) in [5, 5.41) is 3.21. The van der Waals surface area contributed by atoms with Gasteiger partial charge in [-0.1, -0.05) is 12.8 Å². The molecule has 1 N–H and O–H groups in total. The maximum Gasteiger partial charge on any atom is 0.254 e. The van der Waals surface area contributed by atoms with Gasteiger partial charge < -0.3 is 15.0 Å². The lowest BCUT2D eigenvalue weighted by Crippen LogP contribution is -2.38. The van der Waals surface area contributed by atoms with Crippen molar-refractivity contribution in [1.82, 2.24) is 15.3 Å². The zero-order valence-electron chi connectivity index (χ0n) is 13.4. The molecule has 1 amide bonds. The number of nitrogens with one attached hydrogen (secondary N) is 1. The minimum Gasteiger partial charge on any atom is -0.378 e. The average Bonchev–Trinajstić information content (AvgIpc) is 3.21. The topological polar surface area (TPSA) is 67.4 Å². The molecule has 0 aromatic carbocycles. The highest BCUT2D eigenvalue weighted by atomic mass is 16.5. The number of fused-ring (bicyclic) bond motifs is 1. The molecule has 3 atom stereocenters. The first-order valence-electron chi connectivity index (χ1n) is 8.77. The van der Waals surface area contributed by atoms with Crippen LogP contribution in [0, 0.1) is 11.8 Å². The second kappa shape index (κ2) is 6.43. The Kier molecular flexibility index (Phi) is 4.16. The second-order valence-electron chi connectivity index (χ2n) is 6.88. The van der Waals surface area contributed by atoms with Gasteiger partial charge in [-0.2, -0.15) is 0 Å². The number of morpholine rings is 1. The van der Waals surface area contributed by atoms with E-state index in [9.17, 15) is 4.79 Å². The first-order chi connectivity index (χ1) is 11.3. The molecule has 6 nitrogen and oxygen atoms in total. The molecule has 0 bridgehead atoms. The predicted octanol–water partition coefficient (Wildman–Crippen LogP) is 1.62. The van der Waals surface area contributed by atoms with E-state index in [1.807, 2.05) is 0 Å². The summed E-state index contributed by atoms with van der Waals surface area (Å²) in [4.78, 5) is 23.3. The molecule has 0 spiro atoms. The van der Waals surface area contributed by atoms with Crippen molar-refractivity contribution in [3.05, 3.63) is 18.0 Å². The summed E-state index contributed by atoms with van der Waals surface area (Å²) in [6.07, 6.45) is 9.60. The number of carbonyl (C=O) groups is 1. The van der Waals surface area contributed by atoms with Crippen LogP contribution in [-0.4, -0.2) is 48.2 Å². The lowest BCUT2D eigenvalue weighted by atomic mass is 9.97. The van der Waals surface area contributed by atoms with Crippen molar-refractivity contribution >= 4 is 11.9 Å². The second-order valence-corrected chi connectivity index (χ2v) is 6.88. The molecule has 4 rings (SSSR count). The van der Waals surface area contributed by atoms with Crippen LogP contribution in [-0.2, 0) is 4.74 Å². The predicted molar refractivity (Wildman–Crippen MR) is 86.4 cm³/mol. The van der Waals surface area contributed by atoms with Crippen molar-refractivity contribution in [3.8, 4) is 0 Å². The fourth-order valence-electron chi connectivity index (χ4n) is 4.36. The third-order valence-electron chi connectivity index (χ3n) is 5.59. The monoisotopic (exact) mass is 316 g/mol. The number of hydrogen-bond donors (Lipinski definition) is 1. The Labute approximate surface area is 136 Å². The minimum atomic E-state index is -0.0314. The van der Waals surface area contributed by atoms with Gasteiger partial charge in [-0.3, -0.25) is 4.79 Å². The van der Waals surface area contributed by atoms with Gasteiger partial charge in [0.25, 0.3) is 5.91 Å². The molecular formula is C17H24N4O2. The molecular weight excluding hydrogens is 292 g/mol.